The van der Waals surface area contributed by atoms with E-state index in [9.17, 15) is 26.7 Å². The molecule has 0 fully saturated rings. The number of carbonyl (C=O) groups excluding carboxylic acids is 1. The molecule has 16 heavy (non-hydrogen) atoms. The summed E-state index contributed by atoms with van der Waals surface area (Å²) in [4.78, 5) is 13.3. The van der Waals surface area contributed by atoms with Crippen molar-refractivity contribution in [2.75, 3.05) is 0 Å². The van der Waals surface area contributed by atoms with E-state index in [1.54, 1.807) is 0 Å². The van der Waals surface area contributed by atoms with Crippen LogP contribution in [0.4, 0.5) is 22.0 Å². The summed E-state index contributed by atoms with van der Waals surface area (Å²) in [5.74, 6) is 0. The highest BCUT2D eigenvalue weighted by atomic mass is 79.9. The highest BCUT2D eigenvalue weighted by molar-refractivity contribution is 9.10. The summed E-state index contributed by atoms with van der Waals surface area (Å²) in [7, 11) is 0. The van der Waals surface area contributed by atoms with Crippen molar-refractivity contribution in [2.45, 2.75) is 12.6 Å². The van der Waals surface area contributed by atoms with Crippen molar-refractivity contribution in [3.05, 3.63) is 27.5 Å². The highest BCUT2D eigenvalue weighted by Gasteiger charge is 2.37. The van der Waals surface area contributed by atoms with Crippen molar-refractivity contribution in [1.29, 1.82) is 0 Å². The summed E-state index contributed by atoms with van der Waals surface area (Å²) in [5, 5.41) is 0. The van der Waals surface area contributed by atoms with Crippen LogP contribution in [0.2, 0.25) is 0 Å². The maximum Gasteiger partial charge on any atom is 0.419 e. The van der Waals surface area contributed by atoms with E-state index >= 15 is 0 Å². The van der Waals surface area contributed by atoms with Crippen LogP contribution in [0.25, 0.3) is 0 Å². The van der Waals surface area contributed by atoms with Crippen LogP contribution < -0.4 is 0 Å². The summed E-state index contributed by atoms with van der Waals surface area (Å²) >= 11 is 2.49. The first kappa shape index (κ1) is 13.0. The minimum Gasteiger partial charge on any atom is -0.296 e. The van der Waals surface area contributed by atoms with Crippen LogP contribution in [-0.4, -0.2) is 11.3 Å². The SMILES string of the molecule is O=Cc1nc(C(F)F)cc(Br)c1C(F)(F)F. The molecular weight excluding hydrogens is 301 g/mol. The minimum atomic E-state index is -4.83. The summed E-state index contributed by atoms with van der Waals surface area (Å²) in [6, 6.07) is 0.542. The van der Waals surface area contributed by atoms with Crippen LogP contribution in [0, 0.1) is 0 Å². The van der Waals surface area contributed by atoms with Crippen LogP contribution in [-0.2, 0) is 6.18 Å². The van der Waals surface area contributed by atoms with Crippen LogP contribution in [0.1, 0.15) is 28.2 Å². The van der Waals surface area contributed by atoms with Gasteiger partial charge in [-0.2, -0.15) is 13.2 Å². The number of hydrogen-bond acceptors (Lipinski definition) is 2. The number of alkyl halides is 5. The molecule has 0 unspecified atom stereocenters. The van der Waals surface area contributed by atoms with E-state index < -0.39 is 34.0 Å². The number of rotatable bonds is 2. The van der Waals surface area contributed by atoms with Gasteiger partial charge in [0.1, 0.15) is 11.4 Å². The molecule has 0 saturated carbocycles. The first-order valence-electron chi connectivity index (χ1n) is 3.78. The molecule has 1 aromatic heterocycles. The lowest BCUT2D eigenvalue weighted by atomic mass is 10.1. The largest absolute Gasteiger partial charge is 0.419 e. The monoisotopic (exact) mass is 303 g/mol. The zero-order valence-corrected chi connectivity index (χ0v) is 8.94. The Kier molecular flexibility index (Phi) is 3.61. The Hall–Kier alpha value is -1.05. The van der Waals surface area contributed by atoms with Crippen molar-refractivity contribution < 1.29 is 26.7 Å². The molecule has 0 atom stereocenters. The molecule has 0 aliphatic heterocycles. The Morgan fingerprint density at radius 2 is 1.94 bits per heavy atom. The van der Waals surface area contributed by atoms with E-state index in [1.165, 1.54) is 0 Å². The van der Waals surface area contributed by atoms with E-state index in [4.69, 9.17) is 0 Å². The molecule has 0 radical (unpaired) electrons. The van der Waals surface area contributed by atoms with Gasteiger partial charge in [0.2, 0.25) is 0 Å². The molecule has 0 spiro atoms. The third-order valence-electron chi connectivity index (χ3n) is 1.64. The fraction of sp³-hybridized carbons (Fsp3) is 0.250. The Morgan fingerprint density at radius 3 is 2.31 bits per heavy atom. The van der Waals surface area contributed by atoms with Crippen LogP contribution in [0.5, 0.6) is 0 Å². The summed E-state index contributed by atoms with van der Waals surface area (Å²) in [6.45, 7) is 0. The molecule has 2 nitrogen and oxygen atoms in total. The normalized spacial score (nSPS) is 11.9. The van der Waals surface area contributed by atoms with Gasteiger partial charge in [0.25, 0.3) is 6.43 Å². The first-order valence-corrected chi connectivity index (χ1v) is 4.57. The first-order chi connectivity index (χ1) is 7.27. The van der Waals surface area contributed by atoms with Gasteiger partial charge in [-0.3, -0.25) is 4.79 Å². The van der Waals surface area contributed by atoms with Crippen LogP contribution >= 0.6 is 15.9 Å². The van der Waals surface area contributed by atoms with Crippen LogP contribution in [0.3, 0.4) is 0 Å². The molecule has 0 aliphatic rings. The van der Waals surface area contributed by atoms with Gasteiger partial charge in [-0.15, -0.1) is 0 Å². The van der Waals surface area contributed by atoms with Crippen molar-refractivity contribution in [2.24, 2.45) is 0 Å². The number of aromatic nitrogens is 1. The number of aldehydes is 1. The quantitative estimate of drug-likeness (QED) is 0.617. The van der Waals surface area contributed by atoms with E-state index in [0.29, 0.717) is 6.07 Å². The van der Waals surface area contributed by atoms with Gasteiger partial charge in [0.15, 0.2) is 6.29 Å². The third kappa shape index (κ3) is 2.55. The van der Waals surface area contributed by atoms with Gasteiger partial charge in [-0.25, -0.2) is 13.8 Å². The molecule has 0 aliphatic carbocycles. The Bertz CT molecular complexity index is 418. The minimum absolute atomic E-state index is 0.209. The highest BCUT2D eigenvalue weighted by Crippen LogP contribution is 2.37. The second kappa shape index (κ2) is 4.44. The van der Waals surface area contributed by atoms with Gasteiger partial charge in [0, 0.05) is 4.47 Å². The fourth-order valence-corrected chi connectivity index (χ4v) is 1.69. The maximum atomic E-state index is 12.4. The molecule has 0 saturated heterocycles. The lowest BCUT2D eigenvalue weighted by Gasteiger charge is -2.12. The summed E-state index contributed by atoms with van der Waals surface area (Å²) in [6.07, 6.45) is -8.08. The predicted molar refractivity (Wildman–Crippen MR) is 47.3 cm³/mol. The zero-order chi connectivity index (χ0) is 12.5. The second-order valence-electron chi connectivity index (χ2n) is 2.71. The Balaban J connectivity index is 3.47. The van der Waals surface area contributed by atoms with E-state index in [2.05, 4.69) is 20.9 Å². The van der Waals surface area contributed by atoms with Gasteiger partial charge < -0.3 is 0 Å². The number of hydrogen-bond donors (Lipinski definition) is 0. The topological polar surface area (TPSA) is 30.0 Å². The molecule has 1 rings (SSSR count). The van der Waals surface area contributed by atoms with Crippen molar-refractivity contribution in [3.63, 3.8) is 0 Å². The molecule has 0 bridgehead atoms. The summed E-state index contributed by atoms with van der Waals surface area (Å²) in [5.41, 5.74) is -3.30. The van der Waals surface area contributed by atoms with E-state index in [-0.39, 0.29) is 6.29 Å². The average Bonchev–Trinajstić information content (AvgIpc) is 2.14. The number of pyridine rings is 1. The molecule has 0 aromatic carbocycles. The van der Waals surface area contributed by atoms with Gasteiger partial charge in [-0.05, 0) is 6.07 Å². The molecule has 1 aromatic rings. The van der Waals surface area contributed by atoms with Gasteiger partial charge in [0.05, 0.1) is 5.56 Å². The predicted octanol–water partition coefficient (Wildman–Crippen LogP) is 3.61. The smallest absolute Gasteiger partial charge is 0.296 e. The average molecular weight is 304 g/mol. The lowest BCUT2D eigenvalue weighted by Crippen LogP contribution is -2.13. The zero-order valence-electron chi connectivity index (χ0n) is 7.36. The number of halogens is 6. The number of carbonyl (C=O) groups is 1. The number of nitrogens with zero attached hydrogens (tertiary/aromatic N) is 1. The lowest BCUT2D eigenvalue weighted by molar-refractivity contribution is -0.138. The van der Waals surface area contributed by atoms with Crippen molar-refractivity contribution in [3.8, 4) is 0 Å². The molecule has 88 valence electrons. The standard InChI is InChI=1S/C8H3BrF5NO/c9-3-1-4(7(10)11)15-5(2-16)6(3)8(12,13)14/h1-2,7H. The summed E-state index contributed by atoms with van der Waals surface area (Å²) < 4.78 is 61.0. The van der Waals surface area contributed by atoms with Gasteiger partial charge >= 0.3 is 6.18 Å². The molecule has 0 N–H and O–H groups in total. The maximum absolute atomic E-state index is 12.4. The fourth-order valence-electron chi connectivity index (χ4n) is 1.03. The third-order valence-corrected chi connectivity index (χ3v) is 2.26. The van der Waals surface area contributed by atoms with Gasteiger partial charge in [-0.1, -0.05) is 15.9 Å². The van der Waals surface area contributed by atoms with Crippen molar-refractivity contribution in [1.82, 2.24) is 4.98 Å². The van der Waals surface area contributed by atoms with Crippen molar-refractivity contribution >= 4 is 22.2 Å². The van der Waals surface area contributed by atoms with E-state index in [1.807, 2.05) is 0 Å². The molecule has 0 amide bonds. The van der Waals surface area contributed by atoms with Crippen LogP contribution in [0.15, 0.2) is 10.5 Å². The molecular formula is C8H3BrF5NO. The second-order valence-corrected chi connectivity index (χ2v) is 3.56. The van der Waals surface area contributed by atoms with E-state index in [0.717, 1.165) is 0 Å². The molecule has 8 heteroatoms. The Morgan fingerprint density at radius 1 is 1.38 bits per heavy atom. The Labute approximate surface area is 94.6 Å². The molecule has 1 heterocycles.